The van der Waals surface area contributed by atoms with Gasteiger partial charge >= 0.3 is 0 Å². The second kappa shape index (κ2) is 8.10. The number of rotatable bonds is 5. The number of hydrogen-bond donors (Lipinski definition) is 3. The van der Waals surface area contributed by atoms with E-state index >= 15 is 0 Å². The summed E-state index contributed by atoms with van der Waals surface area (Å²) in [6, 6.07) is 15.0. The number of halogens is 1. The van der Waals surface area contributed by atoms with Gasteiger partial charge in [0.15, 0.2) is 11.6 Å². The van der Waals surface area contributed by atoms with E-state index in [1.807, 2.05) is 24.3 Å². The van der Waals surface area contributed by atoms with Crippen LogP contribution in [0.3, 0.4) is 0 Å². The number of nitrogens with zero attached hydrogens (tertiary/aromatic N) is 3. The largest absolute Gasteiger partial charge is 0.399 e. The van der Waals surface area contributed by atoms with Gasteiger partial charge in [0.2, 0.25) is 5.95 Å². The SMILES string of the molecule is Nc1cccc(Nc2nc(Nc3ccc(N4CCOCC4)cc3)ncc2F)c1. The first-order chi connectivity index (χ1) is 13.7. The zero-order valence-corrected chi connectivity index (χ0v) is 15.2. The summed E-state index contributed by atoms with van der Waals surface area (Å²) in [5, 5.41) is 6.03. The van der Waals surface area contributed by atoms with Crippen LogP contribution in [0.5, 0.6) is 0 Å². The molecule has 4 rings (SSSR count). The molecule has 2 aromatic carbocycles. The Morgan fingerprint density at radius 2 is 1.79 bits per heavy atom. The van der Waals surface area contributed by atoms with Crippen LogP contribution in [0.15, 0.2) is 54.7 Å². The van der Waals surface area contributed by atoms with Crippen molar-refractivity contribution in [1.82, 2.24) is 9.97 Å². The maximum Gasteiger partial charge on any atom is 0.229 e. The van der Waals surface area contributed by atoms with Gasteiger partial charge in [-0.15, -0.1) is 0 Å². The molecule has 8 heteroatoms. The van der Waals surface area contributed by atoms with Crippen molar-refractivity contribution in [3.8, 4) is 0 Å². The Labute approximate surface area is 162 Å². The van der Waals surface area contributed by atoms with Gasteiger partial charge in [0.25, 0.3) is 0 Å². The van der Waals surface area contributed by atoms with Crippen LogP contribution < -0.4 is 21.3 Å². The average Bonchev–Trinajstić information content (AvgIpc) is 2.72. The van der Waals surface area contributed by atoms with Gasteiger partial charge in [-0.1, -0.05) is 6.07 Å². The number of benzene rings is 2. The molecule has 1 saturated heterocycles. The number of nitrogen functional groups attached to an aromatic ring is 1. The van der Waals surface area contributed by atoms with E-state index < -0.39 is 5.82 Å². The first-order valence-electron chi connectivity index (χ1n) is 9.02. The van der Waals surface area contributed by atoms with Gasteiger partial charge in [-0.3, -0.25) is 0 Å². The Hall–Kier alpha value is -3.39. The lowest BCUT2D eigenvalue weighted by molar-refractivity contribution is 0.122. The molecule has 0 atom stereocenters. The van der Waals surface area contributed by atoms with Crippen LogP contribution in [0.25, 0.3) is 0 Å². The quantitative estimate of drug-likeness (QED) is 0.584. The third-order valence-corrected chi connectivity index (χ3v) is 4.39. The van der Waals surface area contributed by atoms with E-state index in [2.05, 4.69) is 25.5 Å². The van der Waals surface area contributed by atoms with Gasteiger partial charge in [-0.25, -0.2) is 9.37 Å². The molecule has 0 unspecified atom stereocenters. The van der Waals surface area contributed by atoms with Crippen LogP contribution in [-0.2, 0) is 4.74 Å². The highest BCUT2D eigenvalue weighted by molar-refractivity contribution is 5.64. The first kappa shape index (κ1) is 18.0. The maximum atomic E-state index is 14.1. The number of hydrogen-bond acceptors (Lipinski definition) is 7. The molecule has 0 saturated carbocycles. The van der Waals surface area contributed by atoms with E-state index in [0.29, 0.717) is 17.3 Å². The number of nitrogens with two attached hydrogens (primary N) is 1. The monoisotopic (exact) mass is 380 g/mol. The van der Waals surface area contributed by atoms with Crippen LogP contribution >= 0.6 is 0 Å². The zero-order chi connectivity index (χ0) is 19.3. The molecule has 0 spiro atoms. The third kappa shape index (κ3) is 4.29. The number of nitrogens with one attached hydrogen (secondary N) is 2. The summed E-state index contributed by atoms with van der Waals surface area (Å²) in [4.78, 5) is 10.5. The fourth-order valence-electron chi connectivity index (χ4n) is 2.97. The number of anilines is 6. The smallest absolute Gasteiger partial charge is 0.229 e. The highest BCUT2D eigenvalue weighted by Crippen LogP contribution is 2.23. The second-order valence-electron chi connectivity index (χ2n) is 6.41. The van der Waals surface area contributed by atoms with Crippen molar-refractivity contribution < 1.29 is 9.13 Å². The molecule has 4 N–H and O–H groups in total. The standard InChI is InChI=1S/C20H21FN6O/c21-18-13-23-20(26-19(18)24-16-3-1-2-14(22)12-16)25-15-4-6-17(7-5-15)27-8-10-28-11-9-27/h1-7,12-13H,8-11,22H2,(H2,23,24,25,26). The van der Waals surface area contributed by atoms with E-state index in [1.54, 1.807) is 24.3 Å². The maximum absolute atomic E-state index is 14.1. The van der Waals surface area contributed by atoms with Gasteiger partial charge < -0.3 is 26.0 Å². The summed E-state index contributed by atoms with van der Waals surface area (Å²) < 4.78 is 19.5. The van der Waals surface area contributed by atoms with Crippen molar-refractivity contribution in [3.63, 3.8) is 0 Å². The molecule has 7 nitrogen and oxygen atoms in total. The predicted octanol–water partition coefficient (Wildman–Crippen LogP) is 3.52. The fourth-order valence-corrected chi connectivity index (χ4v) is 2.97. The van der Waals surface area contributed by atoms with Crippen molar-refractivity contribution in [3.05, 3.63) is 60.5 Å². The Balaban J connectivity index is 1.47. The van der Waals surface area contributed by atoms with Crippen LogP contribution in [-0.4, -0.2) is 36.3 Å². The Kier molecular flexibility index (Phi) is 5.20. The van der Waals surface area contributed by atoms with Gasteiger partial charge in [0.1, 0.15) is 0 Å². The lowest BCUT2D eigenvalue weighted by atomic mass is 10.2. The predicted molar refractivity (Wildman–Crippen MR) is 109 cm³/mol. The molecule has 1 fully saturated rings. The van der Waals surface area contributed by atoms with E-state index in [9.17, 15) is 4.39 Å². The summed E-state index contributed by atoms with van der Waals surface area (Å²) in [7, 11) is 0. The highest BCUT2D eigenvalue weighted by Gasteiger charge is 2.11. The van der Waals surface area contributed by atoms with E-state index in [1.165, 1.54) is 0 Å². The van der Waals surface area contributed by atoms with E-state index in [-0.39, 0.29) is 5.82 Å². The summed E-state index contributed by atoms with van der Waals surface area (Å²) in [5.74, 6) is -0.171. The van der Waals surface area contributed by atoms with Crippen LogP contribution in [0, 0.1) is 5.82 Å². The zero-order valence-electron chi connectivity index (χ0n) is 15.2. The van der Waals surface area contributed by atoms with Crippen LogP contribution in [0.2, 0.25) is 0 Å². The summed E-state index contributed by atoms with van der Waals surface area (Å²) in [5.41, 5.74) is 8.95. The minimum absolute atomic E-state index is 0.0769. The molecule has 0 aliphatic carbocycles. The molecule has 0 radical (unpaired) electrons. The average molecular weight is 380 g/mol. The summed E-state index contributed by atoms with van der Waals surface area (Å²) in [6.07, 6.45) is 1.13. The molecule has 144 valence electrons. The minimum Gasteiger partial charge on any atom is -0.399 e. The molecule has 28 heavy (non-hydrogen) atoms. The lowest BCUT2D eigenvalue weighted by Crippen LogP contribution is -2.36. The van der Waals surface area contributed by atoms with E-state index in [0.717, 1.165) is 43.9 Å². The van der Waals surface area contributed by atoms with Gasteiger partial charge in [-0.2, -0.15) is 4.98 Å². The Morgan fingerprint density at radius 1 is 1.00 bits per heavy atom. The molecule has 2 heterocycles. The Morgan fingerprint density at radius 3 is 2.54 bits per heavy atom. The minimum atomic E-state index is -0.546. The molecule has 1 aliphatic heterocycles. The second-order valence-corrected chi connectivity index (χ2v) is 6.41. The van der Waals surface area contributed by atoms with Crippen molar-refractivity contribution >= 4 is 34.5 Å². The molecule has 3 aromatic rings. The third-order valence-electron chi connectivity index (χ3n) is 4.39. The van der Waals surface area contributed by atoms with Crippen molar-refractivity contribution in [2.24, 2.45) is 0 Å². The van der Waals surface area contributed by atoms with Crippen molar-refractivity contribution in [1.29, 1.82) is 0 Å². The number of aromatic nitrogens is 2. The highest BCUT2D eigenvalue weighted by atomic mass is 19.1. The molecular weight excluding hydrogens is 359 g/mol. The van der Waals surface area contributed by atoms with E-state index in [4.69, 9.17) is 10.5 Å². The lowest BCUT2D eigenvalue weighted by Gasteiger charge is -2.28. The van der Waals surface area contributed by atoms with Gasteiger partial charge in [0, 0.05) is 35.8 Å². The van der Waals surface area contributed by atoms with Crippen LogP contribution in [0.1, 0.15) is 0 Å². The Bertz CT molecular complexity index is 944. The summed E-state index contributed by atoms with van der Waals surface area (Å²) in [6.45, 7) is 3.25. The number of ether oxygens (including phenoxy) is 1. The summed E-state index contributed by atoms with van der Waals surface area (Å²) >= 11 is 0. The first-order valence-corrected chi connectivity index (χ1v) is 9.02. The topological polar surface area (TPSA) is 88.3 Å². The van der Waals surface area contributed by atoms with Gasteiger partial charge in [-0.05, 0) is 42.5 Å². The molecule has 1 aliphatic rings. The fraction of sp³-hybridized carbons (Fsp3) is 0.200. The number of morpholine rings is 1. The van der Waals surface area contributed by atoms with Crippen molar-refractivity contribution in [2.45, 2.75) is 0 Å². The van der Waals surface area contributed by atoms with Gasteiger partial charge in [0.05, 0.1) is 19.4 Å². The molecule has 1 aromatic heterocycles. The van der Waals surface area contributed by atoms with Crippen molar-refractivity contribution in [2.75, 3.05) is 47.6 Å². The normalized spacial score (nSPS) is 14.0. The molecule has 0 amide bonds. The van der Waals surface area contributed by atoms with Crippen LogP contribution in [0.4, 0.5) is 38.9 Å². The molecule has 0 bridgehead atoms. The molecular formula is C20H21FN6O.